The Bertz CT molecular complexity index is 570. The van der Waals surface area contributed by atoms with Crippen LogP contribution in [0.15, 0.2) is 17.0 Å². The summed E-state index contributed by atoms with van der Waals surface area (Å²) in [6.07, 6.45) is 1.46. The van der Waals surface area contributed by atoms with E-state index < -0.39 is 15.8 Å². The SMILES string of the molecule is CCCC(COC)NS(=O)(=O)c1cc(CN)cc(F)c1C. The number of nitrogens with two attached hydrogens (primary N) is 1. The Hall–Kier alpha value is -1.02. The van der Waals surface area contributed by atoms with E-state index in [2.05, 4.69) is 4.72 Å². The molecular weight excluding hydrogens is 295 g/mol. The fourth-order valence-electron chi connectivity index (χ4n) is 2.11. The zero-order valence-electron chi connectivity index (χ0n) is 12.6. The van der Waals surface area contributed by atoms with Crippen LogP contribution >= 0.6 is 0 Å². The number of methoxy groups -OCH3 is 1. The average Bonchev–Trinajstić information content (AvgIpc) is 2.41. The van der Waals surface area contributed by atoms with E-state index in [9.17, 15) is 12.8 Å². The van der Waals surface area contributed by atoms with E-state index in [1.54, 1.807) is 0 Å². The van der Waals surface area contributed by atoms with Gasteiger partial charge in [0.2, 0.25) is 10.0 Å². The van der Waals surface area contributed by atoms with Gasteiger partial charge in [-0.2, -0.15) is 0 Å². The fourth-order valence-corrected chi connectivity index (χ4v) is 3.67. The van der Waals surface area contributed by atoms with E-state index >= 15 is 0 Å². The van der Waals surface area contributed by atoms with Crippen molar-refractivity contribution in [2.24, 2.45) is 5.73 Å². The minimum absolute atomic E-state index is 0.0693. The van der Waals surface area contributed by atoms with Gasteiger partial charge in [0.05, 0.1) is 11.5 Å². The second-order valence-electron chi connectivity index (χ2n) is 4.97. The molecule has 1 aromatic carbocycles. The highest BCUT2D eigenvalue weighted by Gasteiger charge is 2.23. The van der Waals surface area contributed by atoms with Crippen molar-refractivity contribution in [3.8, 4) is 0 Å². The normalized spacial score (nSPS) is 13.4. The van der Waals surface area contributed by atoms with Crippen molar-refractivity contribution in [3.63, 3.8) is 0 Å². The molecule has 1 atom stereocenters. The first-order valence-electron chi connectivity index (χ1n) is 6.86. The average molecular weight is 318 g/mol. The summed E-state index contributed by atoms with van der Waals surface area (Å²) in [5.41, 5.74) is 6.01. The highest BCUT2D eigenvalue weighted by atomic mass is 32.2. The Morgan fingerprint density at radius 3 is 2.62 bits per heavy atom. The number of benzene rings is 1. The Labute approximate surface area is 125 Å². The molecular formula is C14H23FN2O3S. The first kappa shape index (κ1) is 18.0. The Morgan fingerprint density at radius 1 is 1.43 bits per heavy atom. The molecule has 1 unspecified atom stereocenters. The standard InChI is InChI=1S/C14H23FN2O3S/c1-4-5-12(9-20-3)17-21(18,19)14-7-11(8-16)6-13(15)10(14)2/h6-7,12,17H,4-5,8-9,16H2,1-3H3. The Balaban J connectivity index is 3.14. The molecule has 0 saturated heterocycles. The number of hydrogen-bond donors (Lipinski definition) is 2. The molecule has 0 heterocycles. The lowest BCUT2D eigenvalue weighted by Gasteiger charge is -2.18. The fraction of sp³-hybridized carbons (Fsp3) is 0.571. The van der Waals surface area contributed by atoms with Gasteiger partial charge in [-0.3, -0.25) is 0 Å². The van der Waals surface area contributed by atoms with Crippen molar-refractivity contribution in [2.45, 2.75) is 44.2 Å². The molecule has 0 aliphatic carbocycles. The summed E-state index contributed by atoms with van der Waals surface area (Å²) in [6.45, 7) is 3.74. The number of nitrogens with one attached hydrogen (secondary N) is 1. The van der Waals surface area contributed by atoms with Gasteiger partial charge in [-0.1, -0.05) is 13.3 Å². The summed E-state index contributed by atoms with van der Waals surface area (Å²) < 4.78 is 46.3. The molecule has 0 spiro atoms. The molecule has 0 radical (unpaired) electrons. The lowest BCUT2D eigenvalue weighted by molar-refractivity contribution is 0.171. The van der Waals surface area contributed by atoms with Crippen molar-refractivity contribution in [1.82, 2.24) is 4.72 Å². The topological polar surface area (TPSA) is 81.4 Å². The number of halogens is 1. The van der Waals surface area contributed by atoms with Crippen LogP contribution in [-0.2, 0) is 21.3 Å². The van der Waals surface area contributed by atoms with Crippen LogP contribution < -0.4 is 10.5 Å². The molecule has 3 N–H and O–H groups in total. The number of sulfonamides is 1. The van der Waals surface area contributed by atoms with E-state index in [-0.39, 0.29) is 29.7 Å². The van der Waals surface area contributed by atoms with Crippen molar-refractivity contribution < 1.29 is 17.5 Å². The lowest BCUT2D eigenvalue weighted by Crippen LogP contribution is -2.38. The zero-order chi connectivity index (χ0) is 16.0. The quantitative estimate of drug-likeness (QED) is 0.764. The molecule has 0 aliphatic rings. The molecule has 120 valence electrons. The molecule has 1 aromatic rings. The highest BCUT2D eigenvalue weighted by molar-refractivity contribution is 7.89. The third-order valence-corrected chi connectivity index (χ3v) is 4.86. The van der Waals surface area contributed by atoms with Gasteiger partial charge < -0.3 is 10.5 Å². The molecule has 5 nitrogen and oxygen atoms in total. The van der Waals surface area contributed by atoms with Crippen LogP contribution in [0.1, 0.15) is 30.9 Å². The number of hydrogen-bond acceptors (Lipinski definition) is 4. The summed E-state index contributed by atoms with van der Waals surface area (Å²) in [5, 5.41) is 0. The van der Waals surface area contributed by atoms with Crippen molar-refractivity contribution in [1.29, 1.82) is 0 Å². The second-order valence-corrected chi connectivity index (χ2v) is 6.65. The molecule has 0 bridgehead atoms. The van der Waals surface area contributed by atoms with Gasteiger partial charge in [0, 0.05) is 25.3 Å². The largest absolute Gasteiger partial charge is 0.383 e. The summed E-state index contributed by atoms with van der Waals surface area (Å²) in [6, 6.07) is 2.33. The van der Waals surface area contributed by atoms with Gasteiger partial charge in [0.15, 0.2) is 0 Å². The minimum atomic E-state index is -3.82. The maximum absolute atomic E-state index is 13.8. The van der Waals surface area contributed by atoms with Crippen LogP contribution in [0.2, 0.25) is 0 Å². The van der Waals surface area contributed by atoms with Crippen LogP contribution in [-0.4, -0.2) is 28.2 Å². The Kier molecular flexibility index (Phi) is 6.73. The first-order valence-corrected chi connectivity index (χ1v) is 8.34. The van der Waals surface area contributed by atoms with Crippen molar-refractivity contribution in [3.05, 3.63) is 29.1 Å². The highest BCUT2D eigenvalue weighted by Crippen LogP contribution is 2.21. The predicted octanol–water partition coefficient (Wildman–Crippen LogP) is 1.69. The van der Waals surface area contributed by atoms with Crippen LogP contribution in [0.4, 0.5) is 4.39 Å². The molecule has 7 heteroatoms. The summed E-state index contributed by atoms with van der Waals surface area (Å²) >= 11 is 0. The smallest absolute Gasteiger partial charge is 0.241 e. The van der Waals surface area contributed by atoms with Gasteiger partial charge in [-0.15, -0.1) is 0 Å². The van der Waals surface area contributed by atoms with Gasteiger partial charge in [-0.05, 0) is 31.0 Å². The van der Waals surface area contributed by atoms with Crippen LogP contribution in [0.25, 0.3) is 0 Å². The predicted molar refractivity (Wildman–Crippen MR) is 79.9 cm³/mol. The summed E-state index contributed by atoms with van der Waals surface area (Å²) in [5.74, 6) is -0.572. The molecule has 0 fully saturated rings. The molecule has 0 aromatic heterocycles. The summed E-state index contributed by atoms with van der Waals surface area (Å²) in [7, 11) is -2.30. The molecule has 21 heavy (non-hydrogen) atoms. The van der Waals surface area contributed by atoms with Crippen molar-refractivity contribution >= 4 is 10.0 Å². The monoisotopic (exact) mass is 318 g/mol. The third-order valence-electron chi connectivity index (χ3n) is 3.21. The van der Waals surface area contributed by atoms with Gasteiger partial charge >= 0.3 is 0 Å². The van der Waals surface area contributed by atoms with E-state index in [4.69, 9.17) is 10.5 Å². The molecule has 0 amide bonds. The maximum Gasteiger partial charge on any atom is 0.241 e. The Morgan fingerprint density at radius 2 is 2.10 bits per heavy atom. The first-order chi connectivity index (χ1) is 9.85. The van der Waals surface area contributed by atoms with E-state index in [0.29, 0.717) is 12.0 Å². The van der Waals surface area contributed by atoms with Crippen LogP contribution in [0.5, 0.6) is 0 Å². The maximum atomic E-state index is 13.8. The van der Waals surface area contributed by atoms with Gasteiger partial charge in [0.25, 0.3) is 0 Å². The van der Waals surface area contributed by atoms with E-state index in [1.165, 1.54) is 26.2 Å². The molecule has 0 saturated carbocycles. The van der Waals surface area contributed by atoms with Gasteiger partial charge in [0.1, 0.15) is 5.82 Å². The van der Waals surface area contributed by atoms with Gasteiger partial charge in [-0.25, -0.2) is 17.5 Å². The number of rotatable bonds is 8. The molecule has 0 aliphatic heterocycles. The second kappa shape index (κ2) is 7.84. The van der Waals surface area contributed by atoms with E-state index in [1.807, 2.05) is 6.92 Å². The number of ether oxygens (including phenoxy) is 1. The lowest BCUT2D eigenvalue weighted by atomic mass is 10.1. The van der Waals surface area contributed by atoms with E-state index in [0.717, 1.165) is 6.42 Å². The third kappa shape index (κ3) is 4.74. The minimum Gasteiger partial charge on any atom is -0.383 e. The zero-order valence-corrected chi connectivity index (χ0v) is 13.5. The summed E-state index contributed by atoms with van der Waals surface area (Å²) in [4.78, 5) is -0.0693. The van der Waals surface area contributed by atoms with Crippen molar-refractivity contribution in [2.75, 3.05) is 13.7 Å². The van der Waals surface area contributed by atoms with Crippen LogP contribution in [0.3, 0.4) is 0 Å². The molecule has 1 rings (SSSR count). The van der Waals surface area contributed by atoms with Crippen LogP contribution in [0, 0.1) is 12.7 Å².